The van der Waals surface area contributed by atoms with Gasteiger partial charge in [-0.1, -0.05) is 179 Å². The second kappa shape index (κ2) is 17.9. The van der Waals surface area contributed by atoms with E-state index >= 15 is 0 Å². The molecule has 0 atom stereocenters. The SMILES string of the molecule is CC(C)c1cc(C(C)C)c(B2c3ccc(N(c4ccccc4)c4ccccc4)cc3Oc3cc4c(cc32)B2c3ccccc3Oc3cc(N(c5ccccc5)c5ccccc5)cc(c32)S4)c(C(C)C)c1. The number of fused-ring (bicyclic) bond motifs is 6. The Morgan fingerprint density at radius 3 is 1.37 bits per heavy atom. The molecule has 0 N–H and O–H groups in total. The minimum absolute atomic E-state index is 0.0420. The first-order chi connectivity index (χ1) is 34.2. The van der Waals surface area contributed by atoms with Crippen LogP contribution < -0.4 is 52.1 Å². The topological polar surface area (TPSA) is 24.9 Å². The molecule has 340 valence electrons. The average molecular weight is 925 g/mol. The van der Waals surface area contributed by atoms with Gasteiger partial charge in [-0.05, 0) is 129 Å². The van der Waals surface area contributed by atoms with Crippen molar-refractivity contribution in [2.45, 2.75) is 69.1 Å². The summed E-state index contributed by atoms with van der Waals surface area (Å²) in [6.45, 7) is 14.0. The fourth-order valence-electron chi connectivity index (χ4n) is 11.1. The number of rotatable bonds is 10. The Balaban J connectivity index is 1.09. The molecule has 0 unspecified atom stereocenters. The van der Waals surface area contributed by atoms with Crippen LogP contribution in [0.1, 0.15) is 76.0 Å². The highest BCUT2D eigenvalue weighted by molar-refractivity contribution is 8.00. The van der Waals surface area contributed by atoms with Gasteiger partial charge in [0.2, 0.25) is 0 Å². The minimum Gasteiger partial charge on any atom is -0.458 e. The Morgan fingerprint density at radius 1 is 0.343 bits per heavy atom. The van der Waals surface area contributed by atoms with E-state index in [9.17, 15) is 0 Å². The van der Waals surface area contributed by atoms with Crippen LogP contribution in [0.25, 0.3) is 0 Å². The molecule has 0 spiro atoms. The minimum atomic E-state index is -0.0790. The van der Waals surface area contributed by atoms with Crippen molar-refractivity contribution in [2.75, 3.05) is 9.80 Å². The van der Waals surface area contributed by atoms with Crippen molar-refractivity contribution in [2.24, 2.45) is 0 Å². The van der Waals surface area contributed by atoms with Crippen LogP contribution in [0, 0.1) is 0 Å². The van der Waals surface area contributed by atoms with E-state index in [0.29, 0.717) is 17.8 Å². The molecule has 0 fully saturated rings. The summed E-state index contributed by atoms with van der Waals surface area (Å²) >= 11 is 1.83. The molecule has 7 heteroatoms. The molecule has 0 saturated heterocycles. The maximum absolute atomic E-state index is 7.39. The van der Waals surface area contributed by atoms with Crippen LogP contribution in [0.4, 0.5) is 34.1 Å². The average Bonchev–Trinajstić information content (AvgIpc) is 3.38. The van der Waals surface area contributed by atoms with E-state index in [1.807, 2.05) is 11.8 Å². The Morgan fingerprint density at radius 2 is 0.814 bits per heavy atom. The van der Waals surface area contributed by atoms with Gasteiger partial charge in [-0.3, -0.25) is 0 Å². The second-order valence-corrected chi connectivity index (χ2v) is 20.9. The molecule has 0 aromatic heterocycles. The van der Waals surface area contributed by atoms with Crippen LogP contribution in [0.2, 0.25) is 0 Å². The number of ether oxygens (including phenoxy) is 2. The Bertz CT molecular complexity index is 3310. The molecule has 0 bridgehead atoms. The molecule has 9 aromatic rings. The molecule has 12 rings (SSSR count). The van der Waals surface area contributed by atoms with Gasteiger partial charge >= 0.3 is 0 Å². The predicted molar refractivity (Wildman–Crippen MR) is 297 cm³/mol. The van der Waals surface area contributed by atoms with Crippen LogP contribution in [0.5, 0.6) is 23.0 Å². The monoisotopic (exact) mass is 924 g/mol. The lowest BCUT2D eigenvalue weighted by Crippen LogP contribution is -2.61. The van der Waals surface area contributed by atoms with Crippen molar-refractivity contribution < 1.29 is 9.47 Å². The first-order valence-corrected chi connectivity index (χ1v) is 25.6. The molecule has 70 heavy (non-hydrogen) atoms. The molecule has 0 aliphatic carbocycles. The lowest BCUT2D eigenvalue weighted by molar-refractivity contribution is 0.486. The van der Waals surface area contributed by atoms with Crippen LogP contribution in [0.15, 0.2) is 210 Å². The van der Waals surface area contributed by atoms with Gasteiger partial charge in [0, 0.05) is 50.4 Å². The quantitative estimate of drug-likeness (QED) is 0.127. The summed E-state index contributed by atoms with van der Waals surface area (Å²) in [6.07, 6.45) is 0. The molecule has 4 nitrogen and oxygen atoms in total. The zero-order valence-electron chi connectivity index (χ0n) is 40.6. The molecular formula is C63H54B2N2O2S. The maximum Gasteiger partial charge on any atom is 0.253 e. The van der Waals surface area contributed by atoms with Crippen LogP contribution in [-0.2, 0) is 0 Å². The normalized spacial score (nSPS) is 12.9. The fourth-order valence-corrected chi connectivity index (χ4v) is 12.3. The van der Waals surface area contributed by atoms with Gasteiger partial charge in [-0.2, -0.15) is 0 Å². The molecule has 3 aliphatic rings. The fraction of sp³-hybridized carbons (Fsp3) is 0.143. The number of para-hydroxylation sites is 5. The standard InChI is InChI=1S/C63H54B2N2O2S/c1-40(2)43-33-50(41(3)4)62(51(34-43)42(5)6)64-53-32-31-48(66(44-21-11-7-12-22-44)45-23-13-8-14-24-45)35-57(53)69-58-39-60-55(38-54(58)64)65-52-29-19-20-30-56(52)68-59-36-49(37-61(70-60)63(59)65)67(46-25-15-9-16-26-46)47-27-17-10-18-28-47/h7-42H,1-6H3. The van der Waals surface area contributed by atoms with Crippen molar-refractivity contribution in [3.05, 3.63) is 217 Å². The molecule has 9 aromatic carbocycles. The van der Waals surface area contributed by atoms with Crippen LogP contribution in [0.3, 0.4) is 0 Å². The van der Waals surface area contributed by atoms with E-state index in [0.717, 1.165) is 57.1 Å². The summed E-state index contributed by atoms with van der Waals surface area (Å²) in [7, 11) is 0. The lowest BCUT2D eigenvalue weighted by atomic mass is 9.31. The summed E-state index contributed by atoms with van der Waals surface area (Å²) in [6, 6.07) is 72.6. The van der Waals surface area contributed by atoms with Crippen molar-refractivity contribution in [1.29, 1.82) is 0 Å². The first-order valence-electron chi connectivity index (χ1n) is 24.8. The number of anilines is 6. The van der Waals surface area contributed by atoms with Crippen LogP contribution in [-0.4, -0.2) is 13.4 Å². The van der Waals surface area contributed by atoms with Crippen molar-refractivity contribution >= 4 is 92.1 Å². The van der Waals surface area contributed by atoms with E-state index in [2.05, 4.69) is 252 Å². The number of hydrogen-bond acceptors (Lipinski definition) is 5. The summed E-state index contributed by atoms with van der Waals surface area (Å²) in [5.41, 5.74) is 18.1. The Labute approximate surface area is 418 Å². The smallest absolute Gasteiger partial charge is 0.253 e. The number of benzene rings is 9. The highest BCUT2D eigenvalue weighted by atomic mass is 32.2. The molecule has 3 heterocycles. The number of hydrogen-bond donors (Lipinski definition) is 0. The van der Waals surface area contributed by atoms with Crippen molar-refractivity contribution in [3.63, 3.8) is 0 Å². The third-order valence-corrected chi connectivity index (χ3v) is 15.5. The lowest BCUT2D eigenvalue weighted by Gasteiger charge is -2.37. The summed E-state index contributed by atoms with van der Waals surface area (Å²) in [4.78, 5) is 7.04. The molecule has 0 saturated carbocycles. The van der Waals surface area contributed by atoms with Crippen molar-refractivity contribution in [3.8, 4) is 23.0 Å². The van der Waals surface area contributed by atoms with E-state index in [-0.39, 0.29) is 13.4 Å². The maximum atomic E-state index is 7.39. The highest BCUT2D eigenvalue weighted by Gasteiger charge is 2.43. The third kappa shape index (κ3) is 7.59. The predicted octanol–water partition coefficient (Wildman–Crippen LogP) is 13.7. The molecule has 3 aliphatic heterocycles. The van der Waals surface area contributed by atoms with Gasteiger partial charge in [0.1, 0.15) is 23.0 Å². The van der Waals surface area contributed by atoms with E-state index in [1.165, 1.54) is 59.3 Å². The summed E-state index contributed by atoms with van der Waals surface area (Å²) < 4.78 is 14.4. The molecule has 0 amide bonds. The van der Waals surface area contributed by atoms with Gasteiger partial charge in [-0.25, -0.2) is 0 Å². The first kappa shape index (κ1) is 43.9. The van der Waals surface area contributed by atoms with E-state index < -0.39 is 0 Å². The van der Waals surface area contributed by atoms with E-state index in [4.69, 9.17) is 9.47 Å². The zero-order valence-corrected chi connectivity index (χ0v) is 41.4. The second-order valence-electron chi connectivity index (χ2n) is 19.8. The van der Waals surface area contributed by atoms with Crippen molar-refractivity contribution in [1.82, 2.24) is 0 Å². The Hall–Kier alpha value is -7.34. The third-order valence-electron chi connectivity index (χ3n) is 14.4. The zero-order chi connectivity index (χ0) is 47.6. The highest BCUT2D eigenvalue weighted by Crippen LogP contribution is 2.45. The summed E-state index contributed by atoms with van der Waals surface area (Å²) in [5, 5.41) is 0. The molecule has 0 radical (unpaired) electrons. The van der Waals surface area contributed by atoms with Gasteiger partial charge < -0.3 is 19.3 Å². The Kier molecular flexibility index (Phi) is 11.2. The van der Waals surface area contributed by atoms with Gasteiger partial charge in [0.05, 0.1) is 5.69 Å². The van der Waals surface area contributed by atoms with Gasteiger partial charge in [0.15, 0.2) is 0 Å². The summed E-state index contributed by atoms with van der Waals surface area (Å²) in [5.74, 6) is 4.58. The van der Waals surface area contributed by atoms with Gasteiger partial charge in [0.25, 0.3) is 13.4 Å². The van der Waals surface area contributed by atoms with E-state index in [1.54, 1.807) is 0 Å². The molecular weight excluding hydrogens is 870 g/mol. The van der Waals surface area contributed by atoms with Crippen LogP contribution >= 0.6 is 11.8 Å². The number of nitrogens with zero attached hydrogens (tertiary/aromatic N) is 2. The largest absolute Gasteiger partial charge is 0.458 e. The van der Waals surface area contributed by atoms with Gasteiger partial charge in [-0.15, -0.1) is 0 Å².